The third-order valence-corrected chi connectivity index (χ3v) is 83.4. The molecule has 651 valence electrons. The Kier molecular flexibility index (Phi) is 25.1. The topological polar surface area (TPSA) is 0 Å². The third-order valence-electron chi connectivity index (χ3n) is 29.4. The molecule has 0 atom stereocenters. The minimum absolute atomic E-state index is 1.30. The van der Waals surface area contributed by atoms with Crippen LogP contribution in [-0.2, 0) is 24.7 Å². The van der Waals surface area contributed by atoms with Gasteiger partial charge < -0.3 is 0 Å². The summed E-state index contributed by atoms with van der Waals surface area (Å²) in [6, 6.07) is 265. The van der Waals surface area contributed by atoms with Crippen LogP contribution in [0.5, 0.6) is 0 Å². The van der Waals surface area contributed by atoms with Crippen molar-refractivity contribution < 1.29 is 14.1 Å². The Morgan fingerprint density at radius 3 is 0.228 bits per heavy atom. The molecule has 0 nitrogen and oxygen atoms in total. The van der Waals surface area contributed by atoms with E-state index >= 15 is 0 Å². The predicted molar refractivity (Wildman–Crippen MR) is 588 cm³/mol. The fraction of sp³-hybridized carbons (Fsp3) is 0.0233. The molecule has 0 aliphatic carbocycles. The molecule has 0 heterocycles. The molecule has 0 N–H and O–H groups in total. The van der Waals surface area contributed by atoms with Gasteiger partial charge in [0, 0.05) is 0 Å². The van der Waals surface area contributed by atoms with Gasteiger partial charge in [0.2, 0.25) is 0 Å². The average molecular weight is 1880 g/mol. The van der Waals surface area contributed by atoms with Crippen LogP contribution in [0.25, 0.3) is 0 Å². The normalized spacial score (nSPS) is 12.3. The zero-order chi connectivity index (χ0) is 91.4. The van der Waals surface area contributed by atoms with Gasteiger partial charge in [-0.25, -0.2) is 0 Å². The van der Waals surface area contributed by atoms with Crippen molar-refractivity contribution in [3.63, 3.8) is 0 Å². The molecule has 0 unspecified atom stereocenters. The quantitative estimate of drug-likeness (QED) is 0.0311. The standard InChI is InChI=1S/3C43H35Si2.Cr/c3*1-8-22-36(23-9-1)43(44(37-24-10-2-11-25-37,38-26-12-3-13-27-38)39-28-14-4-15-29-39)45(40-30-16-5-17-31-40,41-32-18-6-19-33-41)42-34-20-7-21-35-42;/h3*1-35H;. The molecular weight excluding hydrogens is 1770 g/mol. The molecule has 136 heavy (non-hydrogen) atoms. The Hall–Kier alpha value is -14.5. The van der Waals surface area contributed by atoms with Crippen molar-refractivity contribution in [1.82, 2.24) is 0 Å². The van der Waals surface area contributed by atoms with Crippen LogP contribution in [0.2, 0.25) is 0 Å². The van der Waals surface area contributed by atoms with Crippen LogP contribution in [0.3, 0.4) is 0 Å². The summed E-state index contributed by atoms with van der Waals surface area (Å²) in [5.41, 5.74) is 3.90. The van der Waals surface area contributed by atoms with E-state index in [1.165, 1.54) is 110 Å². The molecule has 0 bridgehead atoms. The summed E-state index contributed by atoms with van der Waals surface area (Å²) in [6.07, 6.45) is 0. The molecule has 0 saturated carbocycles. The van der Waals surface area contributed by atoms with Crippen LogP contribution < -0.4 is 93.4 Å². The molecule has 0 aliphatic heterocycles. The van der Waals surface area contributed by atoms with E-state index in [0.29, 0.717) is 0 Å². The summed E-state index contributed by atoms with van der Waals surface area (Å²) < 4.78 is -4.33. The second-order valence-electron chi connectivity index (χ2n) is 35.5. The van der Waals surface area contributed by atoms with Gasteiger partial charge in [0.1, 0.15) is 0 Å². The molecule has 0 spiro atoms. The first-order valence-corrected chi connectivity index (χ1v) is 61.4. The number of hydrogen-bond acceptors (Lipinski definition) is 0. The van der Waals surface area contributed by atoms with Gasteiger partial charge >= 0.3 is 820 Å². The van der Waals surface area contributed by atoms with Crippen molar-refractivity contribution in [3.8, 4) is 0 Å². The third kappa shape index (κ3) is 13.6. The first-order valence-electron chi connectivity index (χ1n) is 47.5. The van der Waals surface area contributed by atoms with E-state index in [9.17, 15) is 0 Å². The summed E-state index contributed by atoms with van der Waals surface area (Å²) in [4.78, 5) is 0. The summed E-state index contributed by atoms with van der Waals surface area (Å²) in [5, 5.41) is 23.6. The number of hydrogen-bond donors (Lipinski definition) is 0. The van der Waals surface area contributed by atoms with Crippen molar-refractivity contribution in [3.05, 3.63) is 654 Å². The monoisotopic (exact) mass is 1870 g/mol. The molecule has 0 amide bonds. The van der Waals surface area contributed by atoms with Gasteiger partial charge in [0.25, 0.3) is 0 Å². The van der Waals surface area contributed by atoms with Crippen LogP contribution in [-0.4, -0.2) is 48.4 Å². The van der Waals surface area contributed by atoms with E-state index in [1.807, 2.05) is 0 Å². The van der Waals surface area contributed by atoms with Gasteiger partial charge in [-0.15, -0.1) is 0 Å². The second-order valence-corrected chi connectivity index (χ2v) is 68.3. The Morgan fingerprint density at radius 2 is 0.154 bits per heavy atom. The number of rotatable bonds is 30. The van der Waals surface area contributed by atoms with Crippen LogP contribution in [0.1, 0.15) is 16.7 Å². The van der Waals surface area contributed by atoms with E-state index in [4.69, 9.17) is 0 Å². The van der Waals surface area contributed by atoms with Crippen LogP contribution in [0.4, 0.5) is 0 Å². The maximum atomic E-state index is 2.79. The minimum atomic E-state index is -5.00. The first-order chi connectivity index (χ1) is 67.6. The molecule has 0 saturated heterocycles. The van der Waals surface area contributed by atoms with E-state index in [1.54, 1.807) is 0 Å². The summed E-state index contributed by atoms with van der Waals surface area (Å²) in [6.45, 7) is 0. The van der Waals surface area contributed by atoms with Gasteiger partial charge in [-0.1, -0.05) is 0 Å². The first kappa shape index (κ1) is 88.1. The van der Waals surface area contributed by atoms with Crippen LogP contribution in [0.15, 0.2) is 637 Å². The van der Waals surface area contributed by atoms with Crippen molar-refractivity contribution in [2.75, 3.05) is 0 Å². The molecular formula is C129H105CrSi6. The fourth-order valence-corrected chi connectivity index (χ4v) is 106. The van der Waals surface area contributed by atoms with Crippen molar-refractivity contribution in [1.29, 1.82) is 0 Å². The Morgan fingerprint density at radius 1 is 0.0882 bits per heavy atom. The summed E-state index contributed by atoms with van der Waals surface area (Å²) in [5.74, 6) is 0. The van der Waals surface area contributed by atoms with E-state index in [2.05, 4.69) is 637 Å². The zero-order valence-electron chi connectivity index (χ0n) is 76.0. The Labute approximate surface area is 813 Å². The van der Waals surface area contributed by atoms with Gasteiger partial charge in [0.15, 0.2) is 0 Å². The molecule has 21 rings (SSSR count). The maximum absolute atomic E-state index is 5.00. The zero-order valence-corrected chi connectivity index (χ0v) is 83.3. The number of benzene rings is 21. The average Bonchev–Trinajstić information content (AvgIpc) is 0.607. The molecule has 0 radical (unpaired) electrons. The molecule has 0 aliphatic rings. The Bertz CT molecular complexity index is 5700. The van der Waals surface area contributed by atoms with Gasteiger partial charge in [0.05, 0.1) is 0 Å². The molecule has 21 aromatic carbocycles. The Balaban J connectivity index is 1.35. The van der Waals surface area contributed by atoms with E-state index < -0.39 is 73.2 Å². The van der Waals surface area contributed by atoms with Crippen molar-refractivity contribution in [2.24, 2.45) is 0 Å². The molecule has 7 heteroatoms. The second kappa shape index (κ2) is 38.8. The van der Waals surface area contributed by atoms with Gasteiger partial charge in [-0.2, -0.15) is 0 Å². The SMILES string of the molecule is c1ccc([C]([Cr]([C](c2ccccc2)([Si](c2ccccc2)(c2ccccc2)c2ccccc2)[Si](c2ccccc2)(c2ccccc2)c2ccccc2)[C](c2ccccc2)([Si](c2ccccc2)(c2ccccc2)c2ccccc2)[Si](c2ccccc2)(c2ccccc2)c2ccccc2)([Si](c2ccccc2)(c2ccccc2)c2ccccc2)[Si](c2ccccc2)(c2ccccc2)c2ccccc2)cc1. The van der Waals surface area contributed by atoms with E-state index in [0.717, 1.165) is 0 Å². The van der Waals surface area contributed by atoms with Crippen LogP contribution >= 0.6 is 0 Å². The predicted octanol–water partition coefficient (Wildman–Crippen LogP) is 17.5. The van der Waals surface area contributed by atoms with E-state index in [-0.39, 0.29) is 0 Å². The van der Waals surface area contributed by atoms with Crippen molar-refractivity contribution >= 4 is 142 Å². The fourth-order valence-electron chi connectivity index (χ4n) is 25.2. The molecule has 21 aromatic rings. The van der Waals surface area contributed by atoms with Crippen LogP contribution in [0, 0.1) is 0 Å². The van der Waals surface area contributed by atoms with Crippen molar-refractivity contribution in [2.45, 2.75) is 10.6 Å². The molecule has 0 fully saturated rings. The van der Waals surface area contributed by atoms with Gasteiger partial charge in [-0.05, 0) is 0 Å². The summed E-state index contributed by atoms with van der Waals surface area (Å²) >= 11 is -4.69. The molecule has 0 aromatic heterocycles. The summed E-state index contributed by atoms with van der Waals surface area (Å²) in [7, 11) is -30.0. The van der Waals surface area contributed by atoms with Gasteiger partial charge in [-0.3, -0.25) is 0 Å².